The average Bonchev–Trinajstić information content (AvgIpc) is 2.57. The molecular weight excluding hydrogens is 270 g/mol. The molecule has 2 heteroatoms. The third-order valence-corrected chi connectivity index (χ3v) is 4.47. The van der Waals surface area contributed by atoms with Gasteiger partial charge in [-0.1, -0.05) is 42.5 Å². The summed E-state index contributed by atoms with van der Waals surface area (Å²) in [6, 6.07) is 19.6. The molecule has 1 heterocycles. The normalized spacial score (nSPS) is 16.9. The maximum Gasteiger partial charge on any atom is 0.119 e. The largest absolute Gasteiger partial charge is 0.490 e. The van der Waals surface area contributed by atoms with E-state index in [0.717, 1.165) is 31.7 Å². The second-order valence-corrected chi connectivity index (χ2v) is 6.34. The molecule has 0 unspecified atom stereocenters. The number of ether oxygens (including phenoxy) is 1. The maximum absolute atomic E-state index is 6.15. The maximum atomic E-state index is 6.15. The Morgan fingerprint density at radius 2 is 1.45 bits per heavy atom. The van der Waals surface area contributed by atoms with Crippen molar-refractivity contribution in [1.82, 2.24) is 4.90 Å². The van der Waals surface area contributed by atoms with Crippen LogP contribution in [0.25, 0.3) is 11.1 Å². The van der Waals surface area contributed by atoms with Crippen molar-refractivity contribution in [3.8, 4) is 16.9 Å². The van der Waals surface area contributed by atoms with Crippen molar-refractivity contribution in [2.75, 3.05) is 13.1 Å². The van der Waals surface area contributed by atoms with Gasteiger partial charge in [0.1, 0.15) is 11.9 Å². The van der Waals surface area contributed by atoms with Gasteiger partial charge in [0.2, 0.25) is 0 Å². The van der Waals surface area contributed by atoms with E-state index in [2.05, 4.69) is 67.3 Å². The van der Waals surface area contributed by atoms with Gasteiger partial charge in [-0.25, -0.2) is 0 Å². The van der Waals surface area contributed by atoms with E-state index in [9.17, 15) is 0 Å². The van der Waals surface area contributed by atoms with Gasteiger partial charge in [-0.3, -0.25) is 0 Å². The summed E-state index contributed by atoms with van der Waals surface area (Å²) in [4.78, 5) is 2.53. The Morgan fingerprint density at radius 3 is 2.05 bits per heavy atom. The Hall–Kier alpha value is -1.80. The van der Waals surface area contributed by atoms with Crippen molar-refractivity contribution in [2.24, 2.45) is 0 Å². The topological polar surface area (TPSA) is 12.5 Å². The Labute approximate surface area is 133 Å². The molecular formula is C20H25NO. The van der Waals surface area contributed by atoms with Crippen LogP contribution >= 0.6 is 0 Å². The second-order valence-electron chi connectivity index (χ2n) is 6.34. The molecule has 22 heavy (non-hydrogen) atoms. The number of hydrogen-bond acceptors (Lipinski definition) is 2. The summed E-state index contributed by atoms with van der Waals surface area (Å²) in [5, 5.41) is 0. The molecule has 2 nitrogen and oxygen atoms in total. The lowest BCUT2D eigenvalue weighted by Gasteiger charge is -2.34. The summed E-state index contributed by atoms with van der Waals surface area (Å²) in [5.41, 5.74) is 2.49. The molecule has 0 aliphatic carbocycles. The molecule has 2 aromatic carbocycles. The van der Waals surface area contributed by atoms with Gasteiger partial charge in [-0.05, 0) is 49.9 Å². The highest BCUT2D eigenvalue weighted by Gasteiger charge is 2.21. The Kier molecular flexibility index (Phi) is 4.79. The quantitative estimate of drug-likeness (QED) is 0.817. The molecule has 3 rings (SSSR count). The van der Waals surface area contributed by atoms with Gasteiger partial charge in [0.25, 0.3) is 0 Å². The van der Waals surface area contributed by atoms with Crippen molar-refractivity contribution in [3.63, 3.8) is 0 Å². The first-order valence-corrected chi connectivity index (χ1v) is 8.28. The molecule has 0 aromatic heterocycles. The minimum Gasteiger partial charge on any atom is -0.490 e. The van der Waals surface area contributed by atoms with Crippen LogP contribution < -0.4 is 4.74 Å². The van der Waals surface area contributed by atoms with E-state index in [4.69, 9.17) is 4.74 Å². The van der Waals surface area contributed by atoms with Gasteiger partial charge >= 0.3 is 0 Å². The van der Waals surface area contributed by atoms with Crippen molar-refractivity contribution >= 4 is 0 Å². The van der Waals surface area contributed by atoms with Gasteiger partial charge < -0.3 is 9.64 Å². The predicted molar refractivity (Wildman–Crippen MR) is 92.2 cm³/mol. The molecule has 1 aliphatic rings. The Bertz CT molecular complexity index is 568. The molecule has 2 aromatic rings. The third-order valence-electron chi connectivity index (χ3n) is 4.47. The molecule has 0 atom stereocenters. The van der Waals surface area contributed by atoms with Crippen molar-refractivity contribution in [1.29, 1.82) is 0 Å². The van der Waals surface area contributed by atoms with E-state index < -0.39 is 0 Å². The summed E-state index contributed by atoms with van der Waals surface area (Å²) >= 11 is 0. The fraction of sp³-hybridized carbons (Fsp3) is 0.400. The average molecular weight is 295 g/mol. The zero-order valence-electron chi connectivity index (χ0n) is 13.5. The molecule has 116 valence electrons. The van der Waals surface area contributed by atoms with Crippen LogP contribution in [-0.2, 0) is 0 Å². The highest BCUT2D eigenvalue weighted by molar-refractivity contribution is 5.63. The van der Waals surface area contributed by atoms with Crippen LogP contribution in [0.15, 0.2) is 54.6 Å². The highest BCUT2D eigenvalue weighted by Crippen LogP contribution is 2.24. The number of piperidine rings is 1. The van der Waals surface area contributed by atoms with Crippen LogP contribution in [0.5, 0.6) is 5.75 Å². The van der Waals surface area contributed by atoms with E-state index in [-0.39, 0.29) is 0 Å². The fourth-order valence-corrected chi connectivity index (χ4v) is 3.06. The SMILES string of the molecule is CC(C)N1CCC(Oc2ccc(-c3ccccc3)cc2)CC1. The molecule has 0 spiro atoms. The molecule has 0 N–H and O–H groups in total. The lowest BCUT2D eigenvalue weighted by atomic mass is 10.1. The van der Waals surface area contributed by atoms with Crippen LogP contribution in [-0.4, -0.2) is 30.1 Å². The standard InChI is InChI=1S/C20H25NO/c1-16(2)21-14-12-20(13-15-21)22-19-10-8-18(9-11-19)17-6-4-3-5-7-17/h3-11,16,20H,12-15H2,1-2H3. The highest BCUT2D eigenvalue weighted by atomic mass is 16.5. The first-order chi connectivity index (χ1) is 10.7. The summed E-state index contributed by atoms with van der Waals surface area (Å²) < 4.78 is 6.15. The molecule has 0 radical (unpaired) electrons. The minimum absolute atomic E-state index is 0.359. The zero-order chi connectivity index (χ0) is 15.4. The number of benzene rings is 2. The summed E-state index contributed by atoms with van der Waals surface area (Å²) in [5.74, 6) is 0.989. The van der Waals surface area contributed by atoms with E-state index in [0.29, 0.717) is 12.1 Å². The van der Waals surface area contributed by atoms with Gasteiger partial charge in [0.05, 0.1) is 0 Å². The Morgan fingerprint density at radius 1 is 0.864 bits per heavy atom. The lowest BCUT2D eigenvalue weighted by Crippen LogP contribution is -2.41. The molecule has 0 amide bonds. The van der Waals surface area contributed by atoms with Crippen LogP contribution in [0.4, 0.5) is 0 Å². The van der Waals surface area contributed by atoms with Crippen molar-refractivity contribution < 1.29 is 4.74 Å². The second kappa shape index (κ2) is 6.97. The first kappa shape index (κ1) is 15.1. The van der Waals surface area contributed by atoms with Gasteiger partial charge in [0.15, 0.2) is 0 Å². The Balaban J connectivity index is 1.58. The molecule has 0 saturated carbocycles. The van der Waals surface area contributed by atoms with Crippen molar-refractivity contribution in [2.45, 2.75) is 38.8 Å². The molecule has 1 aliphatic heterocycles. The van der Waals surface area contributed by atoms with Gasteiger partial charge in [-0.15, -0.1) is 0 Å². The molecule has 0 bridgehead atoms. The monoisotopic (exact) mass is 295 g/mol. The summed E-state index contributed by atoms with van der Waals surface area (Å²) in [7, 11) is 0. The minimum atomic E-state index is 0.359. The number of nitrogens with zero attached hydrogens (tertiary/aromatic N) is 1. The smallest absolute Gasteiger partial charge is 0.119 e. The first-order valence-electron chi connectivity index (χ1n) is 8.28. The molecule has 1 saturated heterocycles. The molecule has 1 fully saturated rings. The lowest BCUT2D eigenvalue weighted by molar-refractivity contribution is 0.0843. The third kappa shape index (κ3) is 3.69. The summed E-state index contributed by atoms with van der Waals surface area (Å²) in [6.07, 6.45) is 2.61. The van der Waals surface area contributed by atoms with Crippen LogP contribution in [0.1, 0.15) is 26.7 Å². The summed E-state index contributed by atoms with van der Waals surface area (Å²) in [6.45, 7) is 6.82. The van der Waals surface area contributed by atoms with Crippen molar-refractivity contribution in [3.05, 3.63) is 54.6 Å². The van der Waals surface area contributed by atoms with E-state index >= 15 is 0 Å². The number of hydrogen-bond donors (Lipinski definition) is 0. The van der Waals surface area contributed by atoms with Crippen LogP contribution in [0.3, 0.4) is 0 Å². The van der Waals surface area contributed by atoms with Crippen LogP contribution in [0.2, 0.25) is 0 Å². The van der Waals surface area contributed by atoms with E-state index in [1.165, 1.54) is 11.1 Å². The predicted octanol–water partition coefficient (Wildman–Crippen LogP) is 4.61. The zero-order valence-corrected chi connectivity index (χ0v) is 13.5. The van der Waals surface area contributed by atoms with E-state index in [1.54, 1.807) is 0 Å². The number of rotatable bonds is 4. The van der Waals surface area contributed by atoms with Gasteiger partial charge in [0, 0.05) is 19.1 Å². The van der Waals surface area contributed by atoms with Gasteiger partial charge in [-0.2, -0.15) is 0 Å². The van der Waals surface area contributed by atoms with E-state index in [1.807, 2.05) is 6.07 Å². The fourth-order valence-electron chi connectivity index (χ4n) is 3.06. The van der Waals surface area contributed by atoms with Crippen LogP contribution in [0, 0.1) is 0 Å². The number of likely N-dealkylation sites (tertiary alicyclic amines) is 1.